The Morgan fingerprint density at radius 3 is 2.35 bits per heavy atom. The molecule has 0 spiro atoms. The molecule has 40 heavy (non-hydrogen) atoms. The summed E-state index contributed by atoms with van der Waals surface area (Å²) in [6, 6.07) is 4.05. The second kappa shape index (κ2) is 10.8. The number of ether oxygens (including phenoxy) is 4. The Kier molecular flexibility index (Phi) is 7.63. The molecule has 5 unspecified atom stereocenters. The molecule has 7 N–H and O–H groups in total. The zero-order valence-corrected chi connectivity index (χ0v) is 20.8. The lowest BCUT2D eigenvalue weighted by Crippen LogP contribution is -2.59. The number of carboxylic acid groups (broad SMARTS) is 1. The summed E-state index contributed by atoms with van der Waals surface area (Å²) in [5, 5.41) is 70.0. The van der Waals surface area contributed by atoms with Gasteiger partial charge < -0.3 is 59.1 Å². The topological polar surface area (TPSA) is 243 Å². The first kappa shape index (κ1) is 28.3. The maximum absolute atomic E-state index is 13.5. The van der Waals surface area contributed by atoms with Crippen LogP contribution >= 0.6 is 0 Å². The third kappa shape index (κ3) is 5.25. The number of hydrogen-bond donors (Lipinski definition) is 7. The van der Waals surface area contributed by atoms with E-state index in [1.807, 2.05) is 0 Å². The third-order valence-electron chi connectivity index (χ3n) is 6.03. The molecule has 4 rings (SSSR count). The molecule has 0 aliphatic carbocycles. The van der Waals surface area contributed by atoms with Gasteiger partial charge in [0.15, 0.2) is 23.4 Å². The lowest BCUT2D eigenvalue weighted by Gasteiger charge is -2.40. The number of carboxylic acids is 1. The zero-order chi connectivity index (χ0) is 29.5. The largest absolute Gasteiger partial charge is 0.508 e. The maximum Gasteiger partial charge on any atom is 0.317 e. The van der Waals surface area contributed by atoms with Crippen LogP contribution in [0.5, 0.6) is 34.5 Å². The van der Waals surface area contributed by atoms with Gasteiger partial charge in [-0.1, -0.05) is 0 Å². The van der Waals surface area contributed by atoms with E-state index < -0.39 is 94.4 Å². The smallest absolute Gasteiger partial charge is 0.317 e. The maximum atomic E-state index is 13.5. The summed E-state index contributed by atoms with van der Waals surface area (Å²) >= 11 is 0. The minimum absolute atomic E-state index is 0.0941. The highest BCUT2D eigenvalue weighted by Gasteiger charge is 2.47. The van der Waals surface area contributed by atoms with Crippen LogP contribution in [0.1, 0.15) is 13.3 Å². The highest BCUT2D eigenvalue weighted by molar-refractivity contribution is 5.90. The van der Waals surface area contributed by atoms with Crippen molar-refractivity contribution in [3.8, 4) is 45.8 Å². The highest BCUT2D eigenvalue weighted by Crippen LogP contribution is 2.43. The number of carbonyl (C=O) groups excluding carboxylic acids is 1. The average molecular weight is 564 g/mol. The van der Waals surface area contributed by atoms with Gasteiger partial charge in [-0.05, 0) is 19.1 Å². The van der Waals surface area contributed by atoms with Crippen LogP contribution in [0.2, 0.25) is 0 Å². The van der Waals surface area contributed by atoms with Gasteiger partial charge in [0.1, 0.15) is 41.1 Å². The van der Waals surface area contributed by atoms with Crippen molar-refractivity contribution in [2.24, 2.45) is 0 Å². The number of methoxy groups -OCH3 is 1. The molecule has 0 amide bonds. The number of aliphatic hydroxyl groups excluding tert-OH is 2. The van der Waals surface area contributed by atoms with Crippen LogP contribution in [-0.2, 0) is 19.1 Å². The van der Waals surface area contributed by atoms with Gasteiger partial charge in [0, 0.05) is 17.7 Å². The quantitative estimate of drug-likeness (QED) is 0.117. The second-order valence-electron chi connectivity index (χ2n) is 8.81. The van der Waals surface area contributed by atoms with Crippen molar-refractivity contribution in [3.63, 3.8) is 0 Å². The van der Waals surface area contributed by atoms with Crippen LogP contribution in [0.4, 0.5) is 0 Å². The van der Waals surface area contributed by atoms with E-state index in [2.05, 4.69) is 0 Å². The normalized spacial score (nSPS) is 22.6. The Hall–Kier alpha value is -4.73. The number of aliphatic carboxylic acids is 1. The first-order valence-corrected chi connectivity index (χ1v) is 11.5. The molecule has 2 aromatic carbocycles. The Morgan fingerprint density at radius 2 is 1.70 bits per heavy atom. The van der Waals surface area contributed by atoms with Crippen molar-refractivity contribution in [3.05, 3.63) is 34.5 Å². The second-order valence-corrected chi connectivity index (χ2v) is 8.81. The Balaban J connectivity index is 1.80. The van der Waals surface area contributed by atoms with Crippen LogP contribution in [0, 0.1) is 0 Å². The number of rotatable bonds is 7. The fourth-order valence-corrected chi connectivity index (χ4v) is 4.14. The molecule has 15 nitrogen and oxygen atoms in total. The van der Waals surface area contributed by atoms with Gasteiger partial charge in [0.25, 0.3) is 0 Å². The summed E-state index contributed by atoms with van der Waals surface area (Å²) < 4.78 is 26.9. The zero-order valence-electron chi connectivity index (χ0n) is 20.8. The summed E-state index contributed by atoms with van der Waals surface area (Å²) in [7, 11) is 1.19. The SMILES string of the molecule is COc1cc(-c2oc3cc(O)cc(O)c3c(=O)c2OC2OC(C)C(OC(=O)CC(=O)O)C(O)C2O)cc(O)c1O. The molecule has 1 fully saturated rings. The van der Waals surface area contributed by atoms with Gasteiger partial charge in [-0.3, -0.25) is 14.4 Å². The first-order chi connectivity index (χ1) is 18.8. The third-order valence-corrected chi connectivity index (χ3v) is 6.03. The van der Waals surface area contributed by atoms with E-state index in [1.54, 1.807) is 0 Å². The fourth-order valence-electron chi connectivity index (χ4n) is 4.14. The monoisotopic (exact) mass is 564 g/mol. The predicted molar refractivity (Wildman–Crippen MR) is 130 cm³/mol. The summed E-state index contributed by atoms with van der Waals surface area (Å²) in [4.78, 5) is 36.1. The van der Waals surface area contributed by atoms with Gasteiger partial charge >= 0.3 is 11.9 Å². The van der Waals surface area contributed by atoms with E-state index in [0.717, 1.165) is 18.2 Å². The minimum atomic E-state index is -1.96. The molecule has 0 saturated carbocycles. The molecule has 15 heteroatoms. The molecule has 1 aliphatic rings. The number of hydrogen-bond acceptors (Lipinski definition) is 14. The lowest BCUT2D eigenvalue weighted by atomic mass is 9.99. The van der Waals surface area contributed by atoms with Crippen molar-refractivity contribution in [2.75, 3.05) is 7.11 Å². The molecule has 5 atom stereocenters. The number of fused-ring (bicyclic) bond motifs is 1. The molecule has 1 aromatic heterocycles. The van der Waals surface area contributed by atoms with E-state index in [1.165, 1.54) is 20.1 Å². The standard InChI is InChI=1S/C25H24O15/c1-8-22(39-16(31)7-15(29)30)20(34)21(35)25(37-8)40-24-19(33)17-11(27)5-10(26)6-13(17)38-23(24)9-3-12(28)18(32)14(4-9)36-2/h3-6,8,20-22,25-28,32,34-35H,7H2,1-2H3,(H,29,30). The summed E-state index contributed by atoms with van der Waals surface area (Å²) in [6.45, 7) is 1.32. The van der Waals surface area contributed by atoms with Gasteiger partial charge in [-0.2, -0.15) is 0 Å². The Bertz CT molecular complexity index is 1530. The average Bonchev–Trinajstić information content (AvgIpc) is 2.87. The number of esters is 1. The molecule has 1 aliphatic heterocycles. The van der Waals surface area contributed by atoms with E-state index in [4.69, 9.17) is 28.5 Å². The van der Waals surface area contributed by atoms with Gasteiger partial charge in [-0.15, -0.1) is 0 Å². The molecule has 3 aromatic rings. The molecular formula is C25H24O15. The van der Waals surface area contributed by atoms with E-state index >= 15 is 0 Å². The van der Waals surface area contributed by atoms with Crippen LogP contribution in [0.15, 0.2) is 33.5 Å². The Labute approximate surface area is 223 Å². The van der Waals surface area contributed by atoms with E-state index in [9.17, 15) is 45.0 Å². The van der Waals surface area contributed by atoms with Crippen LogP contribution in [0.3, 0.4) is 0 Å². The predicted octanol–water partition coefficient (Wildman–Crippen LogP) is 0.523. The molecule has 0 radical (unpaired) electrons. The van der Waals surface area contributed by atoms with Crippen molar-refractivity contribution in [1.29, 1.82) is 0 Å². The van der Waals surface area contributed by atoms with Gasteiger partial charge in [0.05, 0.1) is 13.2 Å². The van der Waals surface area contributed by atoms with Crippen molar-refractivity contribution >= 4 is 22.9 Å². The molecule has 0 bridgehead atoms. The van der Waals surface area contributed by atoms with E-state index in [0.29, 0.717) is 0 Å². The molecule has 1 saturated heterocycles. The van der Waals surface area contributed by atoms with Crippen LogP contribution in [-0.4, -0.2) is 85.5 Å². The Morgan fingerprint density at radius 1 is 1.00 bits per heavy atom. The first-order valence-electron chi connectivity index (χ1n) is 11.5. The van der Waals surface area contributed by atoms with Crippen molar-refractivity contribution < 1.29 is 68.7 Å². The van der Waals surface area contributed by atoms with E-state index in [-0.39, 0.29) is 16.9 Å². The number of benzene rings is 2. The lowest BCUT2D eigenvalue weighted by molar-refractivity contribution is -0.272. The number of aliphatic hydroxyl groups is 2. The van der Waals surface area contributed by atoms with Crippen molar-refractivity contribution in [1.82, 2.24) is 0 Å². The van der Waals surface area contributed by atoms with Crippen LogP contribution < -0.4 is 14.9 Å². The number of carbonyl (C=O) groups is 2. The number of phenolic OH excluding ortho intramolecular Hbond substituents is 4. The number of phenols is 4. The van der Waals surface area contributed by atoms with Crippen LogP contribution in [0.25, 0.3) is 22.3 Å². The van der Waals surface area contributed by atoms with Gasteiger partial charge in [-0.25, -0.2) is 0 Å². The number of aromatic hydroxyl groups is 4. The molecule has 214 valence electrons. The summed E-state index contributed by atoms with van der Waals surface area (Å²) in [6.07, 6.45) is -9.30. The summed E-state index contributed by atoms with van der Waals surface area (Å²) in [5.74, 6) is -6.46. The summed E-state index contributed by atoms with van der Waals surface area (Å²) in [5.41, 5.74) is -1.42. The van der Waals surface area contributed by atoms with Gasteiger partial charge in [0.2, 0.25) is 23.2 Å². The fraction of sp³-hybridized carbons (Fsp3) is 0.320. The minimum Gasteiger partial charge on any atom is -0.508 e. The highest BCUT2D eigenvalue weighted by atomic mass is 16.7. The molecule has 2 heterocycles. The molecular weight excluding hydrogens is 540 g/mol. The van der Waals surface area contributed by atoms with Crippen molar-refractivity contribution in [2.45, 2.75) is 44.1 Å².